The van der Waals surface area contributed by atoms with Crippen LogP contribution in [0.5, 0.6) is 0 Å². The van der Waals surface area contributed by atoms with E-state index in [1.165, 1.54) is 11.8 Å². The Kier molecular flexibility index (Phi) is 2.54. The highest BCUT2D eigenvalue weighted by Crippen LogP contribution is 2.34. The second kappa shape index (κ2) is 3.84. The van der Waals surface area contributed by atoms with Crippen LogP contribution in [0.3, 0.4) is 0 Å². The molecule has 1 aliphatic heterocycles. The van der Waals surface area contributed by atoms with Gasteiger partial charge < -0.3 is 0 Å². The maximum absolute atomic E-state index is 11.1. The van der Waals surface area contributed by atoms with Gasteiger partial charge in [-0.1, -0.05) is 42.1 Å². The number of imide groups is 1. The smallest absolute Gasteiger partial charge is 0.286 e. The predicted octanol–water partition coefficient (Wildman–Crippen LogP) is 2.10. The first-order chi connectivity index (χ1) is 6.75. The molecule has 2 rings (SSSR count). The van der Waals surface area contributed by atoms with E-state index >= 15 is 0 Å². The molecular formula is C10H9NO2S. The van der Waals surface area contributed by atoms with Crippen LogP contribution in [0.25, 0.3) is 0 Å². The Labute approximate surface area is 85.9 Å². The van der Waals surface area contributed by atoms with E-state index in [4.69, 9.17) is 0 Å². The van der Waals surface area contributed by atoms with Crippen LogP contribution in [-0.2, 0) is 4.79 Å². The Bertz CT molecular complexity index is 348. The molecule has 0 saturated carbocycles. The third-order valence-electron chi connectivity index (χ3n) is 2.03. The van der Waals surface area contributed by atoms with E-state index in [2.05, 4.69) is 5.32 Å². The second-order valence-electron chi connectivity index (χ2n) is 3.06. The average Bonchev–Trinajstić information content (AvgIpc) is 2.18. The minimum Gasteiger partial charge on any atom is -0.287 e. The van der Waals surface area contributed by atoms with E-state index < -0.39 is 0 Å². The van der Waals surface area contributed by atoms with Crippen LogP contribution in [0.4, 0.5) is 4.79 Å². The van der Waals surface area contributed by atoms with Gasteiger partial charge in [-0.2, -0.15) is 0 Å². The van der Waals surface area contributed by atoms with Crippen molar-refractivity contribution in [2.24, 2.45) is 0 Å². The molecular weight excluding hydrogens is 198 g/mol. The molecule has 1 atom stereocenters. The minimum atomic E-state index is -0.255. The number of hydrogen-bond donors (Lipinski definition) is 1. The zero-order chi connectivity index (χ0) is 9.97. The number of benzene rings is 1. The van der Waals surface area contributed by atoms with Gasteiger partial charge in [-0.25, -0.2) is 0 Å². The Morgan fingerprint density at radius 2 is 1.93 bits per heavy atom. The van der Waals surface area contributed by atoms with E-state index in [9.17, 15) is 9.59 Å². The topological polar surface area (TPSA) is 46.2 Å². The van der Waals surface area contributed by atoms with Crippen molar-refractivity contribution in [3.8, 4) is 0 Å². The fourth-order valence-corrected chi connectivity index (χ4v) is 2.35. The Morgan fingerprint density at radius 3 is 2.57 bits per heavy atom. The number of thioether (sulfide) groups is 1. The van der Waals surface area contributed by atoms with Gasteiger partial charge in [0.2, 0.25) is 5.91 Å². The highest BCUT2D eigenvalue weighted by Gasteiger charge is 2.26. The molecule has 0 radical (unpaired) electrons. The van der Waals surface area contributed by atoms with Crippen LogP contribution in [0.1, 0.15) is 17.2 Å². The highest BCUT2D eigenvalue weighted by molar-refractivity contribution is 8.13. The first-order valence-corrected chi connectivity index (χ1v) is 5.19. The summed E-state index contributed by atoms with van der Waals surface area (Å²) in [6, 6.07) is 9.60. The molecule has 4 heteroatoms. The first-order valence-electron chi connectivity index (χ1n) is 4.31. The third kappa shape index (κ3) is 1.96. The molecule has 1 aliphatic rings. The summed E-state index contributed by atoms with van der Waals surface area (Å²) in [5.74, 6) is -0.192. The molecule has 1 heterocycles. The molecule has 1 unspecified atom stereocenters. The summed E-state index contributed by atoms with van der Waals surface area (Å²) in [6.07, 6.45) is 0.375. The van der Waals surface area contributed by atoms with Crippen LogP contribution in [-0.4, -0.2) is 11.1 Å². The van der Waals surface area contributed by atoms with Crippen molar-refractivity contribution < 1.29 is 9.59 Å². The minimum absolute atomic E-state index is 0.0301. The van der Waals surface area contributed by atoms with Gasteiger partial charge in [0.05, 0.1) is 0 Å². The molecule has 1 N–H and O–H groups in total. The first kappa shape index (κ1) is 9.27. The molecule has 0 bridgehead atoms. The number of hydrogen-bond acceptors (Lipinski definition) is 3. The highest BCUT2D eigenvalue weighted by atomic mass is 32.2. The van der Waals surface area contributed by atoms with Crippen molar-refractivity contribution in [1.29, 1.82) is 0 Å². The van der Waals surface area contributed by atoms with Crippen molar-refractivity contribution in [1.82, 2.24) is 5.32 Å². The van der Waals surface area contributed by atoms with Gasteiger partial charge in [0.1, 0.15) is 0 Å². The van der Waals surface area contributed by atoms with Crippen molar-refractivity contribution in [3.05, 3.63) is 35.9 Å². The summed E-state index contributed by atoms with van der Waals surface area (Å²) in [5.41, 5.74) is 1.03. The van der Waals surface area contributed by atoms with Gasteiger partial charge in [0, 0.05) is 11.7 Å². The zero-order valence-corrected chi connectivity index (χ0v) is 8.21. The summed E-state index contributed by atoms with van der Waals surface area (Å²) in [6.45, 7) is 0. The maximum atomic E-state index is 11.1. The lowest BCUT2D eigenvalue weighted by Gasteiger charge is -2.20. The average molecular weight is 207 g/mol. The van der Waals surface area contributed by atoms with Crippen LogP contribution >= 0.6 is 11.8 Å². The number of nitrogens with one attached hydrogen (secondary N) is 1. The number of rotatable bonds is 1. The molecule has 2 amide bonds. The summed E-state index contributed by atoms with van der Waals surface area (Å²) >= 11 is 1.17. The SMILES string of the molecule is O=C1CC(c2ccccc2)SC(=O)N1. The van der Waals surface area contributed by atoms with Crippen molar-refractivity contribution >= 4 is 22.9 Å². The van der Waals surface area contributed by atoms with Gasteiger partial charge in [-0.05, 0) is 5.56 Å². The molecule has 1 fully saturated rings. The third-order valence-corrected chi connectivity index (χ3v) is 3.07. The molecule has 1 aromatic rings. The molecule has 0 aliphatic carbocycles. The van der Waals surface area contributed by atoms with Crippen LogP contribution < -0.4 is 5.32 Å². The second-order valence-corrected chi connectivity index (χ2v) is 4.23. The zero-order valence-electron chi connectivity index (χ0n) is 7.40. The van der Waals surface area contributed by atoms with Gasteiger partial charge in [0.15, 0.2) is 0 Å². The van der Waals surface area contributed by atoms with Crippen LogP contribution in [0.15, 0.2) is 30.3 Å². The van der Waals surface area contributed by atoms with Gasteiger partial charge >= 0.3 is 0 Å². The number of carbonyl (C=O) groups is 2. The molecule has 72 valence electrons. The Hall–Kier alpha value is -1.29. The summed E-state index contributed by atoms with van der Waals surface area (Å²) in [7, 11) is 0. The maximum Gasteiger partial charge on any atom is 0.286 e. The standard InChI is InChI=1S/C10H9NO2S/c12-9-6-8(14-10(13)11-9)7-4-2-1-3-5-7/h1-5,8H,6H2,(H,11,12,13). The van der Waals surface area contributed by atoms with E-state index in [0.717, 1.165) is 5.56 Å². The van der Waals surface area contributed by atoms with Crippen LogP contribution in [0.2, 0.25) is 0 Å². The van der Waals surface area contributed by atoms with Gasteiger partial charge in [0.25, 0.3) is 5.24 Å². The lowest BCUT2D eigenvalue weighted by atomic mass is 10.1. The number of amides is 2. The fraction of sp³-hybridized carbons (Fsp3) is 0.200. The lowest BCUT2D eigenvalue weighted by Crippen LogP contribution is -2.33. The Balaban J connectivity index is 2.19. The number of carbonyl (C=O) groups excluding carboxylic acids is 2. The summed E-state index contributed by atoms with van der Waals surface area (Å²) < 4.78 is 0. The summed E-state index contributed by atoms with van der Waals surface area (Å²) in [5, 5.41) is 1.98. The fourth-order valence-electron chi connectivity index (χ4n) is 1.39. The van der Waals surface area contributed by atoms with Crippen molar-refractivity contribution in [3.63, 3.8) is 0 Å². The molecule has 0 spiro atoms. The van der Waals surface area contributed by atoms with Gasteiger partial charge in [-0.3, -0.25) is 14.9 Å². The molecule has 0 aromatic heterocycles. The normalized spacial score (nSPS) is 21.9. The molecule has 14 heavy (non-hydrogen) atoms. The molecule has 1 aromatic carbocycles. The van der Waals surface area contributed by atoms with Crippen molar-refractivity contribution in [2.75, 3.05) is 0 Å². The predicted molar refractivity (Wildman–Crippen MR) is 54.9 cm³/mol. The van der Waals surface area contributed by atoms with Crippen molar-refractivity contribution in [2.45, 2.75) is 11.7 Å². The van der Waals surface area contributed by atoms with Gasteiger partial charge in [-0.15, -0.1) is 0 Å². The molecule has 1 saturated heterocycles. The lowest BCUT2D eigenvalue weighted by molar-refractivity contribution is -0.120. The quantitative estimate of drug-likeness (QED) is 0.767. The molecule has 3 nitrogen and oxygen atoms in total. The van der Waals surface area contributed by atoms with E-state index in [0.29, 0.717) is 6.42 Å². The Morgan fingerprint density at radius 1 is 1.21 bits per heavy atom. The largest absolute Gasteiger partial charge is 0.287 e. The monoisotopic (exact) mass is 207 g/mol. The van der Waals surface area contributed by atoms with E-state index in [1.54, 1.807) is 0 Å². The van der Waals surface area contributed by atoms with Crippen LogP contribution in [0, 0.1) is 0 Å². The van der Waals surface area contributed by atoms with E-state index in [-0.39, 0.29) is 16.4 Å². The summed E-state index contributed by atoms with van der Waals surface area (Å²) in [4.78, 5) is 22.2. The van der Waals surface area contributed by atoms with E-state index in [1.807, 2.05) is 30.3 Å².